The molecule has 0 aliphatic heterocycles. The van der Waals surface area contributed by atoms with E-state index < -0.39 is 0 Å². The number of rotatable bonds is 1. The third kappa shape index (κ3) is 1.17. The van der Waals surface area contributed by atoms with Gasteiger partial charge in [0.2, 0.25) is 0 Å². The molecule has 0 aromatic heterocycles. The molecular formula is C15H26O3. The Labute approximate surface area is 109 Å². The second-order valence-electron chi connectivity index (χ2n) is 7.77. The van der Waals surface area contributed by atoms with E-state index in [4.69, 9.17) is 0 Å². The Kier molecular flexibility index (Phi) is 2.51. The highest BCUT2D eigenvalue weighted by Crippen LogP contribution is 2.73. The van der Waals surface area contributed by atoms with Crippen molar-refractivity contribution in [2.75, 3.05) is 6.61 Å². The van der Waals surface area contributed by atoms with Crippen LogP contribution in [-0.2, 0) is 0 Å². The van der Waals surface area contributed by atoms with Crippen molar-refractivity contribution in [2.24, 2.45) is 28.1 Å². The predicted octanol–water partition coefficient (Wildman–Crippen LogP) is 1.55. The van der Waals surface area contributed by atoms with Crippen molar-refractivity contribution >= 4 is 0 Å². The molecule has 3 fully saturated rings. The van der Waals surface area contributed by atoms with Gasteiger partial charge < -0.3 is 15.3 Å². The molecule has 4 bridgehead atoms. The molecule has 0 spiro atoms. The normalized spacial score (nSPS) is 63.0. The van der Waals surface area contributed by atoms with Crippen LogP contribution in [0.1, 0.15) is 46.5 Å². The van der Waals surface area contributed by atoms with Gasteiger partial charge in [0, 0.05) is 12.0 Å². The summed E-state index contributed by atoms with van der Waals surface area (Å²) in [4.78, 5) is 0. The minimum atomic E-state index is -0.381. The SMILES string of the molecule is CC12C[C@@H](O)[C@H]3C([C@H]1O)[C@@](C)(CO)CCCC32C. The molecule has 0 aromatic carbocycles. The zero-order valence-corrected chi connectivity index (χ0v) is 11.7. The van der Waals surface area contributed by atoms with Crippen molar-refractivity contribution in [3.63, 3.8) is 0 Å². The molecule has 0 radical (unpaired) electrons. The zero-order chi connectivity index (χ0) is 13.3. The first-order valence-electron chi connectivity index (χ1n) is 7.27. The lowest BCUT2D eigenvalue weighted by Crippen LogP contribution is -2.49. The van der Waals surface area contributed by atoms with Crippen molar-refractivity contribution in [3.8, 4) is 0 Å². The molecule has 104 valence electrons. The second-order valence-corrected chi connectivity index (χ2v) is 7.77. The predicted molar refractivity (Wildman–Crippen MR) is 68.9 cm³/mol. The lowest BCUT2D eigenvalue weighted by atomic mass is 9.62. The molecule has 3 aliphatic rings. The number of aliphatic hydroxyl groups is 3. The fourth-order valence-electron chi connectivity index (χ4n) is 5.76. The molecule has 3 aliphatic carbocycles. The third-order valence-electron chi connectivity index (χ3n) is 7.08. The summed E-state index contributed by atoms with van der Waals surface area (Å²) in [5, 5.41) is 31.0. The third-order valence-corrected chi connectivity index (χ3v) is 7.08. The number of aliphatic hydroxyl groups excluding tert-OH is 3. The van der Waals surface area contributed by atoms with Crippen molar-refractivity contribution < 1.29 is 15.3 Å². The fourth-order valence-corrected chi connectivity index (χ4v) is 5.76. The van der Waals surface area contributed by atoms with Crippen LogP contribution >= 0.6 is 0 Å². The quantitative estimate of drug-likeness (QED) is 0.665. The van der Waals surface area contributed by atoms with Crippen LogP contribution in [0, 0.1) is 28.1 Å². The number of hydrogen-bond donors (Lipinski definition) is 3. The first kappa shape index (κ1) is 12.9. The van der Waals surface area contributed by atoms with E-state index >= 15 is 0 Å². The van der Waals surface area contributed by atoms with Crippen LogP contribution in [0.5, 0.6) is 0 Å². The fraction of sp³-hybridized carbons (Fsp3) is 1.00. The standard InChI is InChI=1S/C15H26O3/c1-13(8-16)5-4-6-14(2)10-9(17)7-15(14,3)12(18)11(10)13/h9-12,16-18H,4-8H2,1-3H3/t9-,10+,11?,12-,13-,14?,15?/m1/s1. The summed E-state index contributed by atoms with van der Waals surface area (Å²) >= 11 is 0. The lowest BCUT2D eigenvalue weighted by Gasteiger charge is -2.46. The Hall–Kier alpha value is -0.120. The summed E-state index contributed by atoms with van der Waals surface area (Å²) in [6.45, 7) is 6.59. The van der Waals surface area contributed by atoms with Crippen molar-refractivity contribution in [1.29, 1.82) is 0 Å². The average Bonchev–Trinajstić information content (AvgIpc) is 2.53. The monoisotopic (exact) mass is 254 g/mol. The number of hydrogen-bond acceptors (Lipinski definition) is 3. The van der Waals surface area contributed by atoms with E-state index in [0.717, 1.165) is 19.3 Å². The average molecular weight is 254 g/mol. The topological polar surface area (TPSA) is 60.7 Å². The van der Waals surface area contributed by atoms with E-state index in [0.29, 0.717) is 6.42 Å². The molecular weight excluding hydrogens is 228 g/mol. The maximum atomic E-state index is 10.8. The second kappa shape index (κ2) is 3.50. The van der Waals surface area contributed by atoms with Crippen molar-refractivity contribution in [1.82, 2.24) is 0 Å². The molecule has 3 N–H and O–H groups in total. The lowest BCUT2D eigenvalue weighted by molar-refractivity contribution is -0.102. The Morgan fingerprint density at radius 3 is 2.28 bits per heavy atom. The highest BCUT2D eigenvalue weighted by Gasteiger charge is 2.74. The molecule has 0 amide bonds. The van der Waals surface area contributed by atoms with Crippen LogP contribution in [0.3, 0.4) is 0 Å². The van der Waals surface area contributed by atoms with Gasteiger partial charge in [0.05, 0.1) is 12.2 Å². The Morgan fingerprint density at radius 1 is 1.00 bits per heavy atom. The van der Waals surface area contributed by atoms with Crippen LogP contribution < -0.4 is 0 Å². The molecule has 3 unspecified atom stereocenters. The maximum absolute atomic E-state index is 10.8. The Balaban J connectivity index is 2.14. The van der Waals surface area contributed by atoms with Gasteiger partial charge >= 0.3 is 0 Å². The molecule has 3 heteroatoms. The van der Waals surface area contributed by atoms with E-state index in [2.05, 4.69) is 20.8 Å². The maximum Gasteiger partial charge on any atom is 0.0638 e. The summed E-state index contributed by atoms with van der Waals surface area (Å²) in [7, 11) is 0. The molecule has 0 aromatic rings. The minimum absolute atomic E-state index is 0.0312. The van der Waals surface area contributed by atoms with Gasteiger partial charge in [-0.25, -0.2) is 0 Å². The first-order chi connectivity index (χ1) is 8.30. The zero-order valence-electron chi connectivity index (χ0n) is 11.7. The smallest absolute Gasteiger partial charge is 0.0638 e. The highest BCUT2D eigenvalue weighted by atomic mass is 16.3. The van der Waals surface area contributed by atoms with E-state index in [-0.39, 0.29) is 46.9 Å². The van der Waals surface area contributed by atoms with Gasteiger partial charge in [-0.05, 0) is 41.9 Å². The van der Waals surface area contributed by atoms with Crippen LogP contribution in [0.25, 0.3) is 0 Å². The van der Waals surface area contributed by atoms with E-state index in [1.807, 2.05) is 0 Å². The molecule has 7 atom stereocenters. The molecule has 3 nitrogen and oxygen atoms in total. The van der Waals surface area contributed by atoms with Crippen LogP contribution in [0.2, 0.25) is 0 Å². The summed E-state index contributed by atoms with van der Waals surface area (Å²) in [5.41, 5.74) is -0.386. The van der Waals surface area contributed by atoms with Gasteiger partial charge in [-0.3, -0.25) is 0 Å². The highest BCUT2D eigenvalue weighted by molar-refractivity contribution is 5.22. The summed E-state index contributed by atoms with van der Waals surface area (Å²) in [5.74, 6) is 0.195. The largest absolute Gasteiger partial charge is 0.396 e. The van der Waals surface area contributed by atoms with Gasteiger partial charge in [0.15, 0.2) is 0 Å². The summed E-state index contributed by atoms with van der Waals surface area (Å²) in [6.07, 6.45) is 3.14. The minimum Gasteiger partial charge on any atom is -0.396 e. The van der Waals surface area contributed by atoms with Crippen molar-refractivity contribution in [3.05, 3.63) is 0 Å². The van der Waals surface area contributed by atoms with Crippen LogP contribution in [0.4, 0.5) is 0 Å². The van der Waals surface area contributed by atoms with Gasteiger partial charge in [-0.2, -0.15) is 0 Å². The summed E-state index contributed by atoms with van der Waals surface area (Å²) < 4.78 is 0. The summed E-state index contributed by atoms with van der Waals surface area (Å²) in [6, 6.07) is 0. The van der Waals surface area contributed by atoms with Crippen molar-refractivity contribution in [2.45, 2.75) is 58.7 Å². The molecule has 0 saturated heterocycles. The van der Waals surface area contributed by atoms with Gasteiger partial charge in [0.1, 0.15) is 0 Å². The van der Waals surface area contributed by atoms with Gasteiger partial charge in [-0.15, -0.1) is 0 Å². The van der Waals surface area contributed by atoms with E-state index in [9.17, 15) is 15.3 Å². The molecule has 3 saturated carbocycles. The Morgan fingerprint density at radius 2 is 1.67 bits per heavy atom. The first-order valence-corrected chi connectivity index (χ1v) is 7.27. The van der Waals surface area contributed by atoms with E-state index in [1.165, 1.54) is 0 Å². The van der Waals surface area contributed by atoms with Gasteiger partial charge in [-0.1, -0.05) is 27.2 Å². The van der Waals surface area contributed by atoms with E-state index in [1.54, 1.807) is 0 Å². The Bertz CT molecular complexity index is 371. The van der Waals surface area contributed by atoms with Crippen LogP contribution in [0.15, 0.2) is 0 Å². The van der Waals surface area contributed by atoms with Crippen LogP contribution in [-0.4, -0.2) is 34.1 Å². The molecule has 3 rings (SSSR count). The van der Waals surface area contributed by atoms with Gasteiger partial charge in [0.25, 0.3) is 0 Å². The molecule has 0 heterocycles. The molecule has 18 heavy (non-hydrogen) atoms.